The third-order valence-electron chi connectivity index (χ3n) is 11.8. The quantitative estimate of drug-likeness (QED) is 0.184. The largest absolute Gasteiger partial charge is 0.456 e. The molecule has 3 nitrogen and oxygen atoms in total. The number of hydrogen-bond donors (Lipinski definition) is 0. The molecule has 3 heteroatoms. The number of nitrogens with zero attached hydrogens (tertiary/aromatic N) is 2. The molecule has 1 unspecified atom stereocenters. The summed E-state index contributed by atoms with van der Waals surface area (Å²) in [6.45, 7) is 0. The van der Waals surface area contributed by atoms with Crippen LogP contribution in [0.1, 0.15) is 33.4 Å². The molecule has 2 heterocycles. The van der Waals surface area contributed by atoms with Crippen LogP contribution in [-0.4, -0.2) is 9.55 Å². The lowest BCUT2D eigenvalue weighted by atomic mass is 9.65. The molecule has 12 rings (SSSR count). The van der Waals surface area contributed by atoms with Crippen molar-refractivity contribution in [2.45, 2.75) is 5.41 Å². The second-order valence-corrected chi connectivity index (χ2v) is 14.7. The Bertz CT molecular complexity index is 3200. The molecule has 0 radical (unpaired) electrons. The van der Waals surface area contributed by atoms with Gasteiger partial charge in [-0.15, -0.1) is 0 Å². The van der Waals surface area contributed by atoms with E-state index in [0.29, 0.717) is 0 Å². The van der Waals surface area contributed by atoms with E-state index < -0.39 is 5.41 Å². The first kappa shape index (κ1) is 30.3. The number of benzene rings is 8. The van der Waals surface area contributed by atoms with Gasteiger partial charge in [-0.2, -0.15) is 0 Å². The monoisotopic (exact) mass is 700 g/mol. The van der Waals surface area contributed by atoms with Gasteiger partial charge >= 0.3 is 0 Å². The summed E-state index contributed by atoms with van der Waals surface area (Å²) in [5.41, 5.74) is 17.8. The minimum absolute atomic E-state index is 0.566. The lowest BCUT2D eigenvalue weighted by Crippen LogP contribution is -2.30. The minimum atomic E-state index is -0.566. The molecule has 55 heavy (non-hydrogen) atoms. The second kappa shape index (κ2) is 11.4. The van der Waals surface area contributed by atoms with Crippen molar-refractivity contribution < 1.29 is 4.42 Å². The Morgan fingerprint density at radius 2 is 1.13 bits per heavy atom. The maximum Gasteiger partial charge on any atom is 0.145 e. The second-order valence-electron chi connectivity index (χ2n) is 14.7. The fourth-order valence-corrected chi connectivity index (χ4v) is 9.47. The number of imidazole rings is 1. The van der Waals surface area contributed by atoms with Crippen molar-refractivity contribution in [1.82, 2.24) is 9.55 Å². The molecule has 2 aliphatic carbocycles. The smallest absolute Gasteiger partial charge is 0.145 e. The number of rotatable bonds is 3. The van der Waals surface area contributed by atoms with E-state index in [1.54, 1.807) is 0 Å². The molecule has 10 aromatic rings. The van der Waals surface area contributed by atoms with Crippen molar-refractivity contribution in [2.24, 2.45) is 0 Å². The number of aromatic nitrogens is 2. The van der Waals surface area contributed by atoms with Crippen LogP contribution in [0, 0.1) is 0 Å². The number of fused-ring (bicyclic) bond motifs is 13. The fourth-order valence-electron chi connectivity index (χ4n) is 9.47. The van der Waals surface area contributed by atoms with Gasteiger partial charge < -0.3 is 4.42 Å². The molecule has 1 spiro atoms. The zero-order valence-corrected chi connectivity index (χ0v) is 29.8. The first-order chi connectivity index (χ1) is 27.3. The van der Waals surface area contributed by atoms with Crippen LogP contribution in [0.3, 0.4) is 0 Å². The van der Waals surface area contributed by atoms with E-state index in [1.807, 2.05) is 6.07 Å². The highest BCUT2D eigenvalue weighted by Crippen LogP contribution is 2.60. The van der Waals surface area contributed by atoms with E-state index in [1.165, 1.54) is 44.5 Å². The number of hydrogen-bond acceptors (Lipinski definition) is 2. The summed E-state index contributed by atoms with van der Waals surface area (Å²) < 4.78 is 8.76. The summed E-state index contributed by atoms with van der Waals surface area (Å²) in [5.74, 6) is 0.929. The van der Waals surface area contributed by atoms with E-state index in [2.05, 4.69) is 193 Å². The van der Waals surface area contributed by atoms with Gasteiger partial charge in [0.05, 0.1) is 16.4 Å². The van der Waals surface area contributed by atoms with Crippen LogP contribution in [0.15, 0.2) is 186 Å². The van der Waals surface area contributed by atoms with E-state index in [0.717, 1.165) is 61.2 Å². The molecule has 0 amide bonds. The Morgan fingerprint density at radius 1 is 0.436 bits per heavy atom. The summed E-state index contributed by atoms with van der Waals surface area (Å²) in [7, 11) is 0. The highest BCUT2D eigenvalue weighted by atomic mass is 16.3. The lowest BCUT2D eigenvalue weighted by Gasteiger charge is -2.35. The van der Waals surface area contributed by atoms with Gasteiger partial charge in [0, 0.05) is 22.0 Å². The zero-order chi connectivity index (χ0) is 36.1. The summed E-state index contributed by atoms with van der Waals surface area (Å²) in [5, 5.41) is 2.28. The summed E-state index contributed by atoms with van der Waals surface area (Å²) >= 11 is 0. The van der Waals surface area contributed by atoms with Crippen molar-refractivity contribution in [2.75, 3.05) is 0 Å². The zero-order valence-electron chi connectivity index (χ0n) is 29.8. The molecule has 0 saturated heterocycles. The van der Waals surface area contributed by atoms with Gasteiger partial charge in [0.25, 0.3) is 0 Å². The number of furan rings is 1. The van der Waals surface area contributed by atoms with Crippen LogP contribution in [-0.2, 0) is 5.41 Å². The van der Waals surface area contributed by atoms with Gasteiger partial charge in [-0.1, -0.05) is 146 Å². The summed E-state index contributed by atoms with van der Waals surface area (Å²) in [6.07, 6.45) is 4.60. The molecule has 8 aromatic carbocycles. The lowest BCUT2D eigenvalue weighted by molar-refractivity contribution is 0.668. The Hall–Kier alpha value is -7.23. The topological polar surface area (TPSA) is 31.0 Å². The molecule has 2 aliphatic rings. The molecular formula is C52H32N2O. The third-order valence-corrected chi connectivity index (χ3v) is 11.8. The Morgan fingerprint density at radius 3 is 2.00 bits per heavy atom. The van der Waals surface area contributed by atoms with Gasteiger partial charge in [0.15, 0.2) is 0 Å². The molecule has 0 N–H and O–H groups in total. The average Bonchev–Trinajstić information content (AvgIpc) is 3.87. The maximum absolute atomic E-state index is 6.49. The van der Waals surface area contributed by atoms with Gasteiger partial charge in [-0.05, 0) is 104 Å². The summed E-state index contributed by atoms with van der Waals surface area (Å²) in [4.78, 5) is 5.30. The first-order valence-corrected chi connectivity index (χ1v) is 18.9. The molecule has 256 valence electrons. The van der Waals surface area contributed by atoms with Gasteiger partial charge in [0.1, 0.15) is 17.0 Å². The SMILES string of the molecule is C1=Cc2ccc(-c3ccc4c(c3)nc(-c3ccccc3)n4-c3ccccc3)cc2C2(c3ccccc31)c1ccccc1-c1cc3oc4ccccc4c3cc12. The van der Waals surface area contributed by atoms with Crippen LogP contribution in [0.4, 0.5) is 0 Å². The maximum atomic E-state index is 6.49. The molecule has 0 fully saturated rings. The predicted octanol–water partition coefficient (Wildman–Crippen LogP) is 13.1. The predicted molar refractivity (Wildman–Crippen MR) is 225 cm³/mol. The van der Waals surface area contributed by atoms with Crippen LogP contribution >= 0.6 is 0 Å². The Kier molecular flexibility index (Phi) is 6.26. The van der Waals surface area contributed by atoms with Crippen molar-refractivity contribution in [3.8, 4) is 39.3 Å². The third kappa shape index (κ3) is 4.24. The summed E-state index contributed by atoms with van der Waals surface area (Å²) in [6, 6.07) is 65.8. The highest BCUT2D eigenvalue weighted by Gasteiger charge is 2.49. The van der Waals surface area contributed by atoms with Crippen LogP contribution in [0.2, 0.25) is 0 Å². The Labute approximate surface area is 318 Å². The van der Waals surface area contributed by atoms with Crippen LogP contribution in [0.25, 0.3) is 84.5 Å². The van der Waals surface area contributed by atoms with Gasteiger partial charge in [0.2, 0.25) is 0 Å². The molecule has 2 aromatic heterocycles. The molecule has 0 aliphatic heterocycles. The standard InChI is InChI=1S/C52H32N2O/c1-3-14-35(15-4-1)51-53-47-30-37(27-28-48(47)54(51)38-16-5-2-6-17-38)36-26-25-34-24-23-33-13-7-10-20-43(33)52(45(34)29-36)44-21-11-8-18-39(44)41-32-50-42(31-46(41)52)40-19-9-12-22-49(40)55-50/h1-32H. The number of para-hydroxylation sites is 2. The minimum Gasteiger partial charge on any atom is -0.456 e. The van der Waals surface area contributed by atoms with Gasteiger partial charge in [-0.25, -0.2) is 4.98 Å². The van der Waals surface area contributed by atoms with E-state index in [-0.39, 0.29) is 0 Å². The van der Waals surface area contributed by atoms with Crippen molar-refractivity contribution in [1.29, 1.82) is 0 Å². The van der Waals surface area contributed by atoms with Crippen LogP contribution < -0.4 is 0 Å². The molecule has 0 bridgehead atoms. The fraction of sp³-hybridized carbons (Fsp3) is 0.0192. The first-order valence-electron chi connectivity index (χ1n) is 18.9. The Balaban J connectivity index is 1.13. The normalized spacial score (nSPS) is 15.3. The highest BCUT2D eigenvalue weighted by molar-refractivity contribution is 6.08. The average molecular weight is 701 g/mol. The van der Waals surface area contributed by atoms with Crippen LogP contribution in [0.5, 0.6) is 0 Å². The molecule has 0 saturated carbocycles. The van der Waals surface area contributed by atoms with Gasteiger partial charge in [-0.3, -0.25) is 4.57 Å². The van der Waals surface area contributed by atoms with Crippen molar-refractivity contribution in [3.05, 3.63) is 215 Å². The van der Waals surface area contributed by atoms with Crippen molar-refractivity contribution in [3.63, 3.8) is 0 Å². The molecule has 1 atom stereocenters. The van der Waals surface area contributed by atoms with E-state index in [4.69, 9.17) is 9.40 Å². The van der Waals surface area contributed by atoms with E-state index >= 15 is 0 Å². The molecular weight excluding hydrogens is 669 g/mol. The van der Waals surface area contributed by atoms with E-state index in [9.17, 15) is 0 Å². The van der Waals surface area contributed by atoms with Crippen molar-refractivity contribution >= 4 is 45.1 Å².